The lowest BCUT2D eigenvalue weighted by atomic mass is 9.87. The number of ether oxygens (including phenoxy) is 1. The van der Waals surface area contributed by atoms with E-state index < -0.39 is 17.4 Å². The highest BCUT2D eigenvalue weighted by Crippen LogP contribution is 2.39. The van der Waals surface area contributed by atoms with E-state index in [-0.39, 0.29) is 0 Å². The standard InChI is InChI=1S/C14H19NO3/c1-13(10-9-11-7-5-4-6-8-11)14(2,17)15(3)12(16)18-13/h4-8,17H,9-10H2,1-3H3/t13-,14+/m1/s1. The molecular formula is C14H19NO3. The summed E-state index contributed by atoms with van der Waals surface area (Å²) in [6.07, 6.45) is 0.866. The van der Waals surface area contributed by atoms with E-state index in [9.17, 15) is 9.90 Å². The molecule has 0 aliphatic carbocycles. The Morgan fingerprint density at radius 2 is 1.89 bits per heavy atom. The van der Waals surface area contributed by atoms with E-state index in [0.717, 1.165) is 6.42 Å². The van der Waals surface area contributed by atoms with Crippen molar-refractivity contribution < 1.29 is 14.6 Å². The van der Waals surface area contributed by atoms with Crippen LogP contribution in [0.5, 0.6) is 0 Å². The quantitative estimate of drug-likeness (QED) is 0.893. The molecule has 1 heterocycles. The van der Waals surface area contributed by atoms with Crippen LogP contribution in [0.2, 0.25) is 0 Å². The summed E-state index contributed by atoms with van der Waals surface area (Å²) in [5.41, 5.74) is -0.992. The van der Waals surface area contributed by atoms with Crippen LogP contribution in [0.1, 0.15) is 25.8 Å². The van der Waals surface area contributed by atoms with Gasteiger partial charge in [0.1, 0.15) is 0 Å². The smallest absolute Gasteiger partial charge is 0.412 e. The number of benzene rings is 1. The highest BCUT2D eigenvalue weighted by Gasteiger charge is 2.57. The summed E-state index contributed by atoms with van der Waals surface area (Å²) in [5.74, 6) is 0. The van der Waals surface area contributed by atoms with Crippen LogP contribution in [0, 0.1) is 0 Å². The van der Waals surface area contributed by atoms with Crippen LogP contribution in [0.3, 0.4) is 0 Å². The SMILES string of the molecule is CN1C(=O)O[C@](C)(CCc2ccccc2)[C@]1(C)O. The summed E-state index contributed by atoms with van der Waals surface area (Å²) < 4.78 is 5.34. The van der Waals surface area contributed by atoms with Crippen molar-refractivity contribution in [3.8, 4) is 0 Å². The first-order chi connectivity index (χ1) is 8.37. The summed E-state index contributed by atoms with van der Waals surface area (Å²) in [6, 6.07) is 9.97. The van der Waals surface area contributed by atoms with E-state index in [4.69, 9.17) is 4.74 Å². The van der Waals surface area contributed by atoms with Crippen molar-refractivity contribution in [2.45, 2.75) is 38.0 Å². The molecule has 0 unspecified atom stereocenters. The Morgan fingerprint density at radius 3 is 2.39 bits per heavy atom. The van der Waals surface area contributed by atoms with Crippen molar-refractivity contribution in [3.63, 3.8) is 0 Å². The minimum absolute atomic E-state index is 0.476. The molecule has 1 amide bonds. The van der Waals surface area contributed by atoms with Crippen LogP contribution >= 0.6 is 0 Å². The molecule has 1 fully saturated rings. The number of likely N-dealkylation sites (N-methyl/N-ethyl adjacent to an activating group) is 1. The van der Waals surface area contributed by atoms with Gasteiger partial charge < -0.3 is 9.84 Å². The van der Waals surface area contributed by atoms with E-state index in [0.29, 0.717) is 6.42 Å². The van der Waals surface area contributed by atoms with E-state index in [1.165, 1.54) is 10.5 Å². The van der Waals surface area contributed by atoms with Gasteiger partial charge in [0.05, 0.1) is 0 Å². The maximum absolute atomic E-state index is 11.6. The Balaban J connectivity index is 2.11. The van der Waals surface area contributed by atoms with Gasteiger partial charge in [0.2, 0.25) is 0 Å². The lowest BCUT2D eigenvalue weighted by Gasteiger charge is -2.36. The fourth-order valence-corrected chi connectivity index (χ4v) is 2.21. The van der Waals surface area contributed by atoms with Crippen molar-refractivity contribution in [3.05, 3.63) is 35.9 Å². The molecule has 0 aromatic heterocycles. The van der Waals surface area contributed by atoms with Crippen molar-refractivity contribution in [1.29, 1.82) is 0 Å². The predicted molar refractivity (Wildman–Crippen MR) is 68.0 cm³/mol. The number of amides is 1. The normalized spacial score (nSPS) is 31.6. The molecule has 4 nitrogen and oxygen atoms in total. The van der Waals surface area contributed by atoms with Crippen molar-refractivity contribution >= 4 is 6.09 Å². The zero-order chi connectivity index (χ0) is 13.4. The number of rotatable bonds is 3. The van der Waals surface area contributed by atoms with E-state index in [2.05, 4.69) is 0 Å². The van der Waals surface area contributed by atoms with Crippen molar-refractivity contribution in [2.24, 2.45) is 0 Å². The molecule has 2 atom stereocenters. The van der Waals surface area contributed by atoms with Crippen LogP contribution in [0.15, 0.2) is 30.3 Å². The average molecular weight is 249 g/mol. The number of carbonyl (C=O) groups is 1. The molecule has 0 radical (unpaired) electrons. The van der Waals surface area contributed by atoms with Gasteiger partial charge in [0.25, 0.3) is 0 Å². The minimum atomic E-state index is -1.28. The number of cyclic esters (lactones) is 1. The van der Waals surface area contributed by atoms with Gasteiger partial charge in [-0.2, -0.15) is 0 Å². The zero-order valence-corrected chi connectivity index (χ0v) is 11.0. The van der Waals surface area contributed by atoms with E-state index >= 15 is 0 Å². The molecule has 4 heteroatoms. The largest absolute Gasteiger partial charge is 0.438 e. The Hall–Kier alpha value is -1.55. The van der Waals surface area contributed by atoms with Crippen LogP contribution in [0.4, 0.5) is 4.79 Å². The highest BCUT2D eigenvalue weighted by molar-refractivity contribution is 5.71. The first kappa shape index (κ1) is 12.9. The number of nitrogens with zero attached hydrogens (tertiary/aromatic N) is 1. The lowest BCUT2D eigenvalue weighted by Crippen LogP contribution is -2.53. The molecular weight excluding hydrogens is 230 g/mol. The maximum Gasteiger partial charge on any atom is 0.412 e. The monoisotopic (exact) mass is 249 g/mol. The van der Waals surface area contributed by atoms with Crippen LogP contribution in [0.25, 0.3) is 0 Å². The topological polar surface area (TPSA) is 49.8 Å². The molecule has 1 saturated heterocycles. The fourth-order valence-electron chi connectivity index (χ4n) is 2.21. The second-order valence-electron chi connectivity index (χ2n) is 5.16. The maximum atomic E-state index is 11.6. The lowest BCUT2D eigenvalue weighted by molar-refractivity contribution is -0.133. The zero-order valence-electron chi connectivity index (χ0n) is 11.0. The Labute approximate surface area is 107 Å². The molecule has 1 aromatic carbocycles. The Bertz CT molecular complexity index is 444. The van der Waals surface area contributed by atoms with Crippen molar-refractivity contribution in [2.75, 3.05) is 7.05 Å². The van der Waals surface area contributed by atoms with Gasteiger partial charge in [-0.3, -0.25) is 4.90 Å². The third kappa shape index (κ3) is 1.97. The van der Waals surface area contributed by atoms with Gasteiger partial charge in [0, 0.05) is 7.05 Å². The summed E-state index contributed by atoms with van der Waals surface area (Å²) >= 11 is 0. The third-order valence-corrected chi connectivity index (χ3v) is 3.97. The molecule has 1 aromatic rings. The molecule has 1 N–H and O–H groups in total. The Kier molecular flexibility index (Phi) is 3.07. The number of carbonyl (C=O) groups excluding carboxylic acids is 1. The average Bonchev–Trinajstić information content (AvgIpc) is 2.50. The molecule has 18 heavy (non-hydrogen) atoms. The third-order valence-electron chi connectivity index (χ3n) is 3.97. The van der Waals surface area contributed by atoms with Gasteiger partial charge >= 0.3 is 6.09 Å². The van der Waals surface area contributed by atoms with Gasteiger partial charge in [-0.25, -0.2) is 4.79 Å². The first-order valence-electron chi connectivity index (χ1n) is 6.10. The second kappa shape index (κ2) is 4.28. The molecule has 0 saturated carbocycles. The number of hydrogen-bond acceptors (Lipinski definition) is 3. The number of aryl methyl sites for hydroxylation is 1. The van der Waals surface area contributed by atoms with E-state index in [1.54, 1.807) is 20.9 Å². The molecule has 2 rings (SSSR count). The van der Waals surface area contributed by atoms with Crippen LogP contribution < -0.4 is 0 Å². The van der Waals surface area contributed by atoms with Gasteiger partial charge in [-0.15, -0.1) is 0 Å². The summed E-state index contributed by atoms with van der Waals surface area (Å²) in [5, 5.41) is 10.4. The number of aliphatic hydroxyl groups is 1. The van der Waals surface area contributed by atoms with Crippen LogP contribution in [-0.4, -0.2) is 34.5 Å². The molecule has 1 aliphatic heterocycles. The van der Waals surface area contributed by atoms with Crippen molar-refractivity contribution in [1.82, 2.24) is 4.90 Å². The van der Waals surface area contributed by atoms with Gasteiger partial charge in [0.15, 0.2) is 11.3 Å². The molecule has 0 spiro atoms. The second-order valence-corrected chi connectivity index (χ2v) is 5.16. The molecule has 1 aliphatic rings. The summed E-state index contributed by atoms with van der Waals surface area (Å²) in [6.45, 7) is 3.39. The summed E-state index contributed by atoms with van der Waals surface area (Å²) in [7, 11) is 1.55. The predicted octanol–water partition coefficient (Wildman–Crippen LogP) is 2.17. The summed E-state index contributed by atoms with van der Waals surface area (Å²) in [4.78, 5) is 12.8. The van der Waals surface area contributed by atoms with Gasteiger partial charge in [-0.05, 0) is 32.3 Å². The molecule has 0 bridgehead atoms. The fraction of sp³-hybridized carbons (Fsp3) is 0.500. The number of hydrogen-bond donors (Lipinski definition) is 1. The van der Waals surface area contributed by atoms with Gasteiger partial charge in [-0.1, -0.05) is 30.3 Å². The molecule has 98 valence electrons. The highest BCUT2D eigenvalue weighted by atomic mass is 16.6. The van der Waals surface area contributed by atoms with Crippen LogP contribution in [-0.2, 0) is 11.2 Å². The minimum Gasteiger partial charge on any atom is -0.438 e. The Morgan fingerprint density at radius 1 is 1.28 bits per heavy atom. The van der Waals surface area contributed by atoms with E-state index in [1.807, 2.05) is 30.3 Å². The first-order valence-corrected chi connectivity index (χ1v) is 6.10.